The van der Waals surface area contributed by atoms with E-state index in [1.165, 1.54) is 19.4 Å². The van der Waals surface area contributed by atoms with Gasteiger partial charge in [0.25, 0.3) is 0 Å². The van der Waals surface area contributed by atoms with Gasteiger partial charge in [-0.2, -0.15) is 0 Å². The van der Waals surface area contributed by atoms with Gasteiger partial charge in [0.2, 0.25) is 0 Å². The largest absolute Gasteiger partial charge is 0.379 e. The Morgan fingerprint density at radius 2 is 2.25 bits per heavy atom. The molecule has 0 amide bonds. The molecule has 0 aliphatic carbocycles. The van der Waals surface area contributed by atoms with Gasteiger partial charge in [0.05, 0.1) is 19.3 Å². The number of guanidine groups is 1. The van der Waals surface area contributed by atoms with E-state index in [2.05, 4.69) is 36.4 Å². The Kier molecular flexibility index (Phi) is 11.2. The van der Waals surface area contributed by atoms with E-state index in [1.807, 2.05) is 0 Å². The van der Waals surface area contributed by atoms with Crippen LogP contribution in [0.2, 0.25) is 0 Å². The Morgan fingerprint density at radius 1 is 1.42 bits per heavy atom. The number of hydrogen-bond acceptors (Lipinski definition) is 4. The van der Waals surface area contributed by atoms with Crippen LogP contribution in [0.3, 0.4) is 0 Å². The van der Waals surface area contributed by atoms with Crippen LogP contribution in [-0.2, 0) is 9.47 Å². The van der Waals surface area contributed by atoms with E-state index in [1.54, 1.807) is 0 Å². The van der Waals surface area contributed by atoms with E-state index in [9.17, 15) is 0 Å². The summed E-state index contributed by atoms with van der Waals surface area (Å²) in [4.78, 5) is 7.19. The molecule has 6 nitrogen and oxygen atoms in total. The van der Waals surface area contributed by atoms with Gasteiger partial charge < -0.3 is 25.0 Å². The van der Waals surface area contributed by atoms with Crippen molar-refractivity contribution in [2.24, 2.45) is 10.9 Å². The van der Waals surface area contributed by atoms with Crippen LogP contribution in [0.15, 0.2) is 4.99 Å². The first-order chi connectivity index (χ1) is 11.2. The number of nitrogens with zero attached hydrogens (tertiary/aromatic N) is 2. The molecule has 142 valence electrons. The van der Waals surface area contributed by atoms with Crippen LogP contribution in [0.5, 0.6) is 0 Å². The molecule has 0 aromatic heterocycles. The Bertz CT molecular complexity index is 364. The predicted molar refractivity (Wildman–Crippen MR) is 109 cm³/mol. The summed E-state index contributed by atoms with van der Waals surface area (Å²) in [6.07, 6.45) is 3.84. The van der Waals surface area contributed by atoms with Gasteiger partial charge in [0.15, 0.2) is 5.96 Å². The zero-order valence-electron chi connectivity index (χ0n) is 15.4. The molecule has 2 rings (SSSR count). The number of ether oxygens (including phenoxy) is 2. The maximum absolute atomic E-state index is 5.88. The van der Waals surface area contributed by atoms with Crippen molar-refractivity contribution < 1.29 is 9.47 Å². The second-order valence-electron chi connectivity index (χ2n) is 6.85. The van der Waals surface area contributed by atoms with Crippen molar-refractivity contribution in [1.82, 2.24) is 15.5 Å². The monoisotopic (exact) mass is 454 g/mol. The van der Waals surface area contributed by atoms with Gasteiger partial charge in [-0.1, -0.05) is 0 Å². The first-order valence-corrected chi connectivity index (χ1v) is 9.10. The summed E-state index contributed by atoms with van der Waals surface area (Å²) in [5.74, 6) is 1.57. The third-order valence-electron chi connectivity index (χ3n) is 4.43. The van der Waals surface area contributed by atoms with Gasteiger partial charge in [0, 0.05) is 32.3 Å². The maximum atomic E-state index is 5.88. The summed E-state index contributed by atoms with van der Waals surface area (Å²) in [5, 5.41) is 6.79. The topological polar surface area (TPSA) is 58.1 Å². The van der Waals surface area contributed by atoms with Gasteiger partial charge >= 0.3 is 0 Å². The fraction of sp³-hybridized carbons (Fsp3) is 0.941. The molecule has 0 aromatic carbocycles. The van der Waals surface area contributed by atoms with E-state index in [4.69, 9.17) is 14.5 Å². The summed E-state index contributed by atoms with van der Waals surface area (Å²) in [6, 6.07) is 0.238. The average Bonchev–Trinajstić information content (AvgIpc) is 3.04. The van der Waals surface area contributed by atoms with Crippen LogP contribution in [0.25, 0.3) is 0 Å². The molecular weight excluding hydrogens is 419 g/mol. The lowest BCUT2D eigenvalue weighted by atomic mass is 9.99. The fourth-order valence-corrected chi connectivity index (χ4v) is 3.16. The van der Waals surface area contributed by atoms with Gasteiger partial charge in [-0.15, -0.1) is 24.0 Å². The zero-order valence-corrected chi connectivity index (χ0v) is 17.8. The van der Waals surface area contributed by atoms with Crippen LogP contribution in [-0.4, -0.2) is 76.1 Å². The van der Waals surface area contributed by atoms with Crippen LogP contribution in [0, 0.1) is 5.92 Å². The second-order valence-corrected chi connectivity index (χ2v) is 6.85. The molecule has 2 aliphatic heterocycles. The quantitative estimate of drug-likeness (QED) is 0.349. The molecule has 2 saturated heterocycles. The molecule has 2 N–H and O–H groups in total. The lowest BCUT2D eigenvalue weighted by molar-refractivity contribution is 0.0347. The van der Waals surface area contributed by atoms with E-state index >= 15 is 0 Å². The smallest absolute Gasteiger partial charge is 0.191 e. The molecule has 3 atom stereocenters. The summed E-state index contributed by atoms with van der Waals surface area (Å²) < 4.78 is 11.2. The third kappa shape index (κ3) is 8.31. The number of rotatable bonds is 7. The summed E-state index contributed by atoms with van der Waals surface area (Å²) in [6.45, 7) is 10.6. The van der Waals surface area contributed by atoms with E-state index in [0.29, 0.717) is 12.5 Å². The van der Waals surface area contributed by atoms with Gasteiger partial charge in [-0.05, 0) is 52.6 Å². The highest BCUT2D eigenvalue weighted by atomic mass is 127. The Balaban J connectivity index is 0.00000288. The molecule has 0 radical (unpaired) electrons. The molecule has 2 heterocycles. The standard InChI is InChI=1S/C17H34N4O2.HI/c1-4-18-17(19-10-15-6-5-8-21(3)11-15)20-14(2)12-23-16-7-9-22-13-16;/h14-16H,4-13H2,1-3H3,(H2,18,19,20);1H. The molecule has 24 heavy (non-hydrogen) atoms. The summed E-state index contributed by atoms with van der Waals surface area (Å²) in [7, 11) is 2.20. The van der Waals surface area contributed by atoms with Crippen molar-refractivity contribution in [3.05, 3.63) is 0 Å². The SMILES string of the molecule is CCNC(=NCC1CCCN(C)C1)NC(C)COC1CCOC1.I. The summed E-state index contributed by atoms with van der Waals surface area (Å²) in [5.41, 5.74) is 0. The number of piperidine rings is 1. The summed E-state index contributed by atoms with van der Waals surface area (Å²) >= 11 is 0. The first kappa shape index (κ1) is 21.9. The second kappa shape index (κ2) is 12.3. The van der Waals surface area contributed by atoms with Crippen molar-refractivity contribution in [1.29, 1.82) is 0 Å². The molecule has 0 aromatic rings. The molecule has 2 fully saturated rings. The van der Waals surface area contributed by atoms with E-state index in [0.717, 1.165) is 45.2 Å². The number of hydrogen-bond donors (Lipinski definition) is 2. The molecule has 0 spiro atoms. The molecule has 7 heteroatoms. The predicted octanol–water partition coefficient (Wildman–Crippen LogP) is 1.70. The van der Waals surface area contributed by atoms with Gasteiger partial charge in [0.1, 0.15) is 0 Å². The Labute approximate surface area is 164 Å². The van der Waals surface area contributed by atoms with Gasteiger partial charge in [-0.25, -0.2) is 0 Å². The van der Waals surface area contributed by atoms with Crippen molar-refractivity contribution in [3.8, 4) is 0 Å². The minimum Gasteiger partial charge on any atom is -0.379 e. The first-order valence-electron chi connectivity index (χ1n) is 9.10. The number of nitrogens with one attached hydrogen (secondary N) is 2. The third-order valence-corrected chi connectivity index (χ3v) is 4.43. The van der Waals surface area contributed by atoms with Crippen molar-refractivity contribution >= 4 is 29.9 Å². The minimum atomic E-state index is 0. The number of halogens is 1. The molecule has 0 bridgehead atoms. The maximum Gasteiger partial charge on any atom is 0.191 e. The highest BCUT2D eigenvalue weighted by Crippen LogP contribution is 2.15. The lowest BCUT2D eigenvalue weighted by Crippen LogP contribution is -2.45. The Hall–Kier alpha value is -0.120. The minimum absolute atomic E-state index is 0. The van der Waals surface area contributed by atoms with E-state index in [-0.39, 0.29) is 36.1 Å². The van der Waals surface area contributed by atoms with E-state index < -0.39 is 0 Å². The van der Waals surface area contributed by atoms with Crippen LogP contribution < -0.4 is 10.6 Å². The Morgan fingerprint density at radius 3 is 2.92 bits per heavy atom. The van der Waals surface area contributed by atoms with Crippen LogP contribution in [0.1, 0.15) is 33.1 Å². The molecular formula is C17H35IN4O2. The van der Waals surface area contributed by atoms with Crippen molar-refractivity contribution in [2.75, 3.05) is 53.0 Å². The number of likely N-dealkylation sites (tertiary alicyclic amines) is 1. The van der Waals surface area contributed by atoms with Crippen LogP contribution in [0.4, 0.5) is 0 Å². The van der Waals surface area contributed by atoms with Crippen molar-refractivity contribution in [2.45, 2.75) is 45.3 Å². The van der Waals surface area contributed by atoms with Gasteiger partial charge in [-0.3, -0.25) is 4.99 Å². The highest BCUT2D eigenvalue weighted by Gasteiger charge is 2.18. The highest BCUT2D eigenvalue weighted by molar-refractivity contribution is 14.0. The fourth-order valence-electron chi connectivity index (χ4n) is 3.16. The normalized spacial score (nSPS) is 26.7. The molecule has 0 saturated carbocycles. The lowest BCUT2D eigenvalue weighted by Gasteiger charge is -2.29. The molecule has 3 unspecified atom stereocenters. The van der Waals surface area contributed by atoms with Crippen molar-refractivity contribution in [3.63, 3.8) is 0 Å². The average molecular weight is 454 g/mol. The zero-order chi connectivity index (χ0) is 16.5. The van der Waals surface area contributed by atoms with Crippen LogP contribution >= 0.6 is 24.0 Å². The number of aliphatic imine (C=N–C) groups is 1. The molecule has 2 aliphatic rings.